The van der Waals surface area contributed by atoms with E-state index in [1.54, 1.807) is 4.40 Å². The van der Waals surface area contributed by atoms with Gasteiger partial charge in [-0.05, 0) is 25.0 Å². The number of aromatic amines is 2. The Bertz CT molecular complexity index is 929. The summed E-state index contributed by atoms with van der Waals surface area (Å²) in [6, 6.07) is 9.31. The Labute approximate surface area is 149 Å². The van der Waals surface area contributed by atoms with Crippen molar-refractivity contribution >= 4 is 11.4 Å². The van der Waals surface area contributed by atoms with Crippen molar-refractivity contribution in [2.24, 2.45) is 0 Å². The fourth-order valence-corrected chi connectivity index (χ4v) is 3.46. The Morgan fingerprint density at radius 2 is 1.92 bits per heavy atom. The minimum absolute atomic E-state index is 0.178. The number of imidazole rings is 1. The van der Waals surface area contributed by atoms with Crippen LogP contribution in [0, 0.1) is 0 Å². The van der Waals surface area contributed by atoms with Crippen LogP contribution < -0.4 is 14.7 Å². The van der Waals surface area contributed by atoms with Crippen LogP contribution in [0.25, 0.3) is 16.8 Å². The van der Waals surface area contributed by atoms with Gasteiger partial charge in [-0.25, -0.2) is 18.7 Å². The first kappa shape index (κ1) is 16.6. The van der Waals surface area contributed by atoms with Crippen molar-refractivity contribution in [3.8, 4) is 11.3 Å². The van der Waals surface area contributed by atoms with E-state index in [0.29, 0.717) is 18.7 Å². The number of fused-ring (bicyclic) bond motifs is 1. The van der Waals surface area contributed by atoms with E-state index in [-0.39, 0.29) is 24.8 Å². The normalized spacial score (nSPS) is 17.3. The van der Waals surface area contributed by atoms with Crippen molar-refractivity contribution in [3.63, 3.8) is 0 Å². The van der Waals surface area contributed by atoms with E-state index in [1.165, 1.54) is 0 Å². The topological polar surface area (TPSA) is 63.1 Å². The van der Waals surface area contributed by atoms with Gasteiger partial charge in [0.25, 0.3) is 0 Å². The third-order valence-corrected chi connectivity index (χ3v) is 4.87. The van der Waals surface area contributed by atoms with Gasteiger partial charge in [-0.2, -0.15) is 4.40 Å². The molecule has 26 heavy (non-hydrogen) atoms. The van der Waals surface area contributed by atoms with Crippen molar-refractivity contribution in [1.29, 1.82) is 0 Å². The van der Waals surface area contributed by atoms with Gasteiger partial charge in [0, 0.05) is 36.6 Å². The quantitative estimate of drug-likeness (QED) is 0.695. The molecule has 0 aromatic carbocycles. The molecular weight excluding hydrogens is 338 g/mol. The maximum Gasteiger partial charge on any atom is 0.351 e. The van der Waals surface area contributed by atoms with Crippen LogP contribution in [0.3, 0.4) is 0 Å². The molecule has 4 rings (SSSR count). The fraction of sp³-hybridized carbons (Fsp3) is 0.316. The Morgan fingerprint density at radius 3 is 2.65 bits per heavy atom. The monoisotopic (exact) mass is 358 g/mol. The van der Waals surface area contributed by atoms with Crippen molar-refractivity contribution < 1.29 is 23.0 Å². The van der Waals surface area contributed by atoms with Crippen molar-refractivity contribution in [2.45, 2.75) is 37.6 Å². The number of pyridine rings is 2. The lowest BCUT2D eigenvalue weighted by Gasteiger charge is -2.28. The lowest BCUT2D eigenvalue weighted by Crippen LogP contribution is -2.43. The smallest absolute Gasteiger partial charge is 0.343 e. The molecule has 0 radical (unpaired) electrons. The molecule has 0 saturated heterocycles. The van der Waals surface area contributed by atoms with Crippen LogP contribution in [-0.2, 0) is 0 Å². The highest BCUT2D eigenvalue weighted by molar-refractivity contribution is 5.91. The highest BCUT2D eigenvalue weighted by atomic mass is 19.3. The Balaban J connectivity index is 1.63. The highest BCUT2D eigenvalue weighted by Crippen LogP contribution is 2.33. The first-order valence-electron chi connectivity index (χ1n) is 8.71. The summed E-state index contributed by atoms with van der Waals surface area (Å²) < 4.78 is 28.4. The maximum atomic E-state index is 13.3. The van der Waals surface area contributed by atoms with E-state index in [4.69, 9.17) is 0 Å². The first-order valence-corrected chi connectivity index (χ1v) is 8.71. The average molecular weight is 358 g/mol. The molecule has 3 aromatic rings. The third kappa shape index (κ3) is 3.16. The SMILES string of the molecule is O=C(NC1CCC(F)(F)CC1)c1[nH]c(-c2cc[nH+]cc2)c2cccc[n+]12. The molecule has 1 saturated carbocycles. The van der Waals surface area contributed by atoms with E-state index in [1.807, 2.05) is 48.9 Å². The molecule has 0 bridgehead atoms. The Morgan fingerprint density at radius 1 is 1.19 bits per heavy atom. The van der Waals surface area contributed by atoms with Crippen LogP contribution in [0.4, 0.5) is 8.78 Å². The molecule has 3 N–H and O–H groups in total. The van der Waals surface area contributed by atoms with Crippen molar-refractivity contribution in [2.75, 3.05) is 0 Å². The zero-order chi connectivity index (χ0) is 18.1. The van der Waals surface area contributed by atoms with E-state index in [2.05, 4.69) is 15.3 Å². The van der Waals surface area contributed by atoms with Crippen LogP contribution in [0.5, 0.6) is 0 Å². The molecule has 0 unspecified atom stereocenters. The number of carbonyl (C=O) groups excluding carboxylic acids is 1. The Hall–Kier alpha value is -2.83. The molecule has 1 fully saturated rings. The largest absolute Gasteiger partial charge is 0.351 e. The molecule has 3 aromatic heterocycles. The van der Waals surface area contributed by atoms with E-state index in [9.17, 15) is 13.6 Å². The van der Waals surface area contributed by atoms with Crippen LogP contribution >= 0.6 is 0 Å². The standard InChI is InChI=1S/C19H18F2N4O/c20-19(21)8-4-14(5-9-19)23-18(26)17-24-16(13-6-10-22-11-7-13)15-3-1-2-12-25(15)17/h1-3,6-7,10-12,14H,4-5,8-9H2,(H,23,26)/p+2. The molecule has 134 valence electrons. The number of hydrogen-bond donors (Lipinski definition) is 2. The molecular formula is C19H20F2N4O+2. The zero-order valence-electron chi connectivity index (χ0n) is 14.1. The van der Waals surface area contributed by atoms with E-state index in [0.717, 1.165) is 16.8 Å². The molecule has 0 atom stereocenters. The van der Waals surface area contributed by atoms with Crippen LogP contribution in [0.15, 0.2) is 48.9 Å². The molecule has 1 aliphatic rings. The van der Waals surface area contributed by atoms with Gasteiger partial charge in [0.2, 0.25) is 5.92 Å². The number of hydrogen-bond acceptors (Lipinski definition) is 1. The van der Waals surface area contributed by atoms with Gasteiger partial charge >= 0.3 is 11.7 Å². The number of rotatable bonds is 3. The first-order chi connectivity index (χ1) is 12.5. The highest BCUT2D eigenvalue weighted by Gasteiger charge is 2.36. The van der Waals surface area contributed by atoms with Crippen LogP contribution in [0.1, 0.15) is 36.3 Å². The number of carbonyl (C=O) groups is 1. The molecule has 7 heteroatoms. The second-order valence-corrected chi connectivity index (χ2v) is 6.70. The summed E-state index contributed by atoms with van der Waals surface area (Å²) in [7, 11) is 0. The van der Waals surface area contributed by atoms with E-state index < -0.39 is 5.92 Å². The minimum atomic E-state index is -2.60. The maximum absolute atomic E-state index is 13.3. The predicted molar refractivity (Wildman–Crippen MR) is 90.6 cm³/mol. The third-order valence-electron chi connectivity index (χ3n) is 4.87. The minimum Gasteiger partial charge on any atom is -0.343 e. The van der Waals surface area contributed by atoms with Gasteiger partial charge in [0.1, 0.15) is 0 Å². The van der Waals surface area contributed by atoms with Crippen molar-refractivity contribution in [1.82, 2.24) is 10.3 Å². The summed E-state index contributed by atoms with van der Waals surface area (Å²) in [4.78, 5) is 19.0. The summed E-state index contributed by atoms with van der Waals surface area (Å²) in [5, 5.41) is 2.90. The van der Waals surface area contributed by atoms with E-state index >= 15 is 0 Å². The lowest BCUT2D eigenvalue weighted by molar-refractivity contribution is -0.513. The molecule has 0 aliphatic heterocycles. The number of aromatic nitrogens is 3. The number of amides is 1. The molecule has 0 spiro atoms. The molecule has 3 heterocycles. The number of H-pyrrole nitrogens is 2. The second-order valence-electron chi connectivity index (χ2n) is 6.70. The lowest BCUT2D eigenvalue weighted by atomic mass is 9.92. The van der Waals surface area contributed by atoms with Crippen molar-refractivity contribution in [3.05, 3.63) is 54.7 Å². The zero-order valence-corrected chi connectivity index (χ0v) is 14.1. The van der Waals surface area contributed by atoms with Gasteiger partial charge < -0.3 is 5.32 Å². The van der Waals surface area contributed by atoms with Gasteiger partial charge in [-0.3, -0.25) is 4.79 Å². The van der Waals surface area contributed by atoms with Gasteiger partial charge in [0.05, 0.1) is 6.20 Å². The second kappa shape index (κ2) is 6.48. The van der Waals surface area contributed by atoms with Crippen LogP contribution in [0.2, 0.25) is 0 Å². The number of nitrogens with zero attached hydrogens (tertiary/aromatic N) is 1. The van der Waals surface area contributed by atoms with Crippen LogP contribution in [-0.4, -0.2) is 22.9 Å². The molecule has 1 amide bonds. The van der Waals surface area contributed by atoms with Gasteiger partial charge in [-0.15, -0.1) is 0 Å². The summed E-state index contributed by atoms with van der Waals surface area (Å²) in [5.74, 6) is -2.50. The summed E-state index contributed by atoms with van der Waals surface area (Å²) in [6.07, 6.45) is 5.68. The number of halogens is 2. The number of alkyl halides is 2. The predicted octanol–water partition coefficient (Wildman–Crippen LogP) is 2.54. The summed E-state index contributed by atoms with van der Waals surface area (Å²) in [5.41, 5.74) is 2.66. The fourth-order valence-electron chi connectivity index (χ4n) is 3.46. The summed E-state index contributed by atoms with van der Waals surface area (Å²) >= 11 is 0. The molecule has 1 aliphatic carbocycles. The Kier molecular flexibility index (Phi) is 4.14. The number of nitrogens with one attached hydrogen (secondary N) is 3. The van der Waals surface area contributed by atoms with Gasteiger partial charge in [-0.1, -0.05) is 6.07 Å². The summed E-state index contributed by atoms with van der Waals surface area (Å²) in [6.45, 7) is 0. The molecule has 5 nitrogen and oxygen atoms in total. The average Bonchev–Trinajstić information content (AvgIpc) is 3.04. The van der Waals surface area contributed by atoms with Gasteiger partial charge in [0.15, 0.2) is 23.6 Å².